The third kappa shape index (κ3) is 5.26. The van der Waals surface area contributed by atoms with Crippen LogP contribution in [0.25, 0.3) is 6.08 Å². The van der Waals surface area contributed by atoms with Crippen LogP contribution in [0.2, 0.25) is 0 Å². The Morgan fingerprint density at radius 1 is 1.06 bits per heavy atom. The van der Waals surface area contributed by atoms with Gasteiger partial charge in [0.05, 0.1) is 18.4 Å². The van der Waals surface area contributed by atoms with Gasteiger partial charge in [-0.3, -0.25) is 19.8 Å². The summed E-state index contributed by atoms with van der Waals surface area (Å²) < 4.78 is 11.3. The zero-order valence-corrected chi connectivity index (χ0v) is 20.3. The van der Waals surface area contributed by atoms with Crippen molar-refractivity contribution in [2.45, 2.75) is 13.5 Å². The van der Waals surface area contributed by atoms with Crippen LogP contribution < -0.4 is 19.7 Å². The molecule has 1 saturated heterocycles. The molecule has 8 nitrogen and oxygen atoms in total. The number of anilines is 1. The Hall–Kier alpha value is -4.50. The molecule has 1 heterocycles. The SMILES string of the molecule is COc1cc(/C=C2/C(=O)NC(=S)N(c3ccc(C)cc3)C2=O)ccc1OCc1cccc(C(=O)O)c1. The first-order valence-electron chi connectivity index (χ1n) is 10.9. The molecule has 0 aliphatic carbocycles. The van der Waals surface area contributed by atoms with Crippen LogP contribution in [0.4, 0.5) is 5.69 Å². The zero-order chi connectivity index (χ0) is 25.8. The molecule has 0 unspecified atom stereocenters. The van der Waals surface area contributed by atoms with E-state index in [1.54, 1.807) is 42.5 Å². The second-order valence-corrected chi connectivity index (χ2v) is 8.38. The summed E-state index contributed by atoms with van der Waals surface area (Å²) in [5.41, 5.74) is 2.89. The summed E-state index contributed by atoms with van der Waals surface area (Å²) >= 11 is 5.24. The summed E-state index contributed by atoms with van der Waals surface area (Å²) in [7, 11) is 1.47. The monoisotopic (exact) mass is 502 g/mol. The summed E-state index contributed by atoms with van der Waals surface area (Å²) in [5, 5.41) is 11.7. The smallest absolute Gasteiger partial charge is 0.335 e. The molecule has 0 radical (unpaired) electrons. The summed E-state index contributed by atoms with van der Waals surface area (Å²) in [4.78, 5) is 38.3. The predicted octanol–water partition coefficient (Wildman–Crippen LogP) is 4.11. The van der Waals surface area contributed by atoms with E-state index in [2.05, 4.69) is 5.32 Å². The van der Waals surface area contributed by atoms with E-state index < -0.39 is 17.8 Å². The van der Waals surface area contributed by atoms with Crippen molar-refractivity contribution < 1.29 is 29.0 Å². The third-order valence-electron chi connectivity index (χ3n) is 5.46. The van der Waals surface area contributed by atoms with Crippen LogP contribution in [0.5, 0.6) is 11.5 Å². The maximum absolute atomic E-state index is 13.2. The zero-order valence-electron chi connectivity index (χ0n) is 19.5. The Kier molecular flexibility index (Phi) is 7.12. The predicted molar refractivity (Wildman–Crippen MR) is 138 cm³/mol. The van der Waals surface area contributed by atoms with E-state index in [-0.39, 0.29) is 22.9 Å². The van der Waals surface area contributed by atoms with Crippen molar-refractivity contribution in [3.63, 3.8) is 0 Å². The fraction of sp³-hybridized carbons (Fsp3) is 0.111. The highest BCUT2D eigenvalue weighted by Crippen LogP contribution is 2.30. The molecule has 9 heteroatoms. The van der Waals surface area contributed by atoms with Crippen LogP contribution in [0, 0.1) is 6.92 Å². The molecule has 0 saturated carbocycles. The number of hydrogen-bond acceptors (Lipinski definition) is 6. The number of methoxy groups -OCH3 is 1. The lowest BCUT2D eigenvalue weighted by atomic mass is 10.1. The van der Waals surface area contributed by atoms with Crippen LogP contribution in [0.1, 0.15) is 27.0 Å². The summed E-state index contributed by atoms with van der Waals surface area (Å²) in [6, 6.07) is 18.6. The summed E-state index contributed by atoms with van der Waals surface area (Å²) in [6.07, 6.45) is 1.46. The molecule has 182 valence electrons. The van der Waals surface area contributed by atoms with Gasteiger partial charge in [0.1, 0.15) is 12.2 Å². The lowest BCUT2D eigenvalue weighted by molar-refractivity contribution is -0.122. The van der Waals surface area contributed by atoms with Crippen LogP contribution in [-0.2, 0) is 16.2 Å². The Morgan fingerprint density at radius 3 is 2.50 bits per heavy atom. The Morgan fingerprint density at radius 2 is 1.81 bits per heavy atom. The fourth-order valence-corrected chi connectivity index (χ4v) is 3.88. The Labute approximate surface area is 212 Å². The van der Waals surface area contributed by atoms with Crippen LogP contribution >= 0.6 is 12.2 Å². The number of carbonyl (C=O) groups is 3. The van der Waals surface area contributed by atoms with Crippen molar-refractivity contribution in [3.8, 4) is 11.5 Å². The number of nitrogens with zero attached hydrogens (tertiary/aromatic N) is 1. The van der Waals surface area contributed by atoms with Gasteiger partial charge in [-0.2, -0.15) is 0 Å². The molecule has 1 aliphatic heterocycles. The van der Waals surface area contributed by atoms with Gasteiger partial charge in [-0.05, 0) is 72.7 Å². The van der Waals surface area contributed by atoms with Gasteiger partial charge < -0.3 is 14.6 Å². The van der Waals surface area contributed by atoms with Gasteiger partial charge in [0.2, 0.25) is 0 Å². The normalized spacial score (nSPS) is 14.6. The van der Waals surface area contributed by atoms with Crippen LogP contribution in [0.15, 0.2) is 72.3 Å². The minimum absolute atomic E-state index is 0.0132. The van der Waals surface area contributed by atoms with E-state index in [1.165, 1.54) is 30.2 Å². The first-order chi connectivity index (χ1) is 17.3. The van der Waals surface area contributed by atoms with Gasteiger partial charge in [0.25, 0.3) is 11.8 Å². The second kappa shape index (κ2) is 10.4. The highest BCUT2D eigenvalue weighted by Gasteiger charge is 2.34. The fourth-order valence-electron chi connectivity index (χ4n) is 3.60. The first kappa shape index (κ1) is 24.6. The van der Waals surface area contributed by atoms with E-state index in [0.29, 0.717) is 28.3 Å². The lowest BCUT2D eigenvalue weighted by Crippen LogP contribution is -2.54. The number of thiocarbonyl (C=S) groups is 1. The van der Waals surface area contributed by atoms with E-state index in [0.717, 1.165) is 5.56 Å². The van der Waals surface area contributed by atoms with E-state index in [1.807, 2.05) is 19.1 Å². The first-order valence-corrected chi connectivity index (χ1v) is 11.3. The molecule has 0 spiro atoms. The average Bonchev–Trinajstić information content (AvgIpc) is 2.86. The molecule has 1 aliphatic rings. The molecule has 2 amide bonds. The maximum atomic E-state index is 13.2. The number of benzene rings is 3. The number of carboxylic acid groups (broad SMARTS) is 1. The number of carbonyl (C=O) groups excluding carboxylic acids is 2. The number of ether oxygens (including phenoxy) is 2. The average molecular weight is 503 g/mol. The molecule has 3 aromatic carbocycles. The molecule has 4 rings (SSSR count). The van der Waals surface area contributed by atoms with Gasteiger partial charge in [-0.1, -0.05) is 35.9 Å². The van der Waals surface area contributed by atoms with Gasteiger partial charge in [0, 0.05) is 0 Å². The number of nitrogens with one attached hydrogen (secondary N) is 1. The number of rotatable bonds is 7. The van der Waals surface area contributed by atoms with Crippen LogP contribution in [-0.4, -0.2) is 35.1 Å². The minimum Gasteiger partial charge on any atom is -0.493 e. The minimum atomic E-state index is -1.02. The molecule has 2 N–H and O–H groups in total. The molecule has 1 fully saturated rings. The molecule has 36 heavy (non-hydrogen) atoms. The molecule has 3 aromatic rings. The lowest BCUT2D eigenvalue weighted by Gasteiger charge is -2.29. The van der Waals surface area contributed by atoms with Gasteiger partial charge in [-0.25, -0.2) is 4.79 Å². The van der Waals surface area contributed by atoms with Crippen molar-refractivity contribution >= 4 is 46.9 Å². The van der Waals surface area contributed by atoms with Gasteiger partial charge in [0.15, 0.2) is 16.6 Å². The highest BCUT2D eigenvalue weighted by molar-refractivity contribution is 7.80. The Bertz CT molecular complexity index is 1400. The van der Waals surface area contributed by atoms with Crippen molar-refractivity contribution in [1.82, 2.24) is 5.32 Å². The van der Waals surface area contributed by atoms with Crippen molar-refractivity contribution in [2.75, 3.05) is 12.0 Å². The topological polar surface area (TPSA) is 105 Å². The second-order valence-electron chi connectivity index (χ2n) is 8.00. The number of hydrogen-bond donors (Lipinski definition) is 2. The molecule has 0 bridgehead atoms. The number of amides is 2. The largest absolute Gasteiger partial charge is 0.493 e. The van der Waals surface area contributed by atoms with Gasteiger partial charge in [-0.15, -0.1) is 0 Å². The summed E-state index contributed by atoms with van der Waals surface area (Å²) in [6.45, 7) is 2.06. The standard InChI is InChI=1S/C27H22N2O6S/c1-16-6-9-20(10-7-16)29-25(31)21(24(30)28-27(29)36)13-17-8-11-22(23(14-17)34-2)35-15-18-4-3-5-19(12-18)26(32)33/h3-14H,15H2,1-2H3,(H,32,33)(H,28,30,36)/b21-13-. The van der Waals surface area contributed by atoms with Crippen molar-refractivity contribution in [2.24, 2.45) is 0 Å². The molecule has 0 atom stereocenters. The Balaban J connectivity index is 1.57. The van der Waals surface area contributed by atoms with Crippen LogP contribution in [0.3, 0.4) is 0 Å². The molecular weight excluding hydrogens is 480 g/mol. The number of aryl methyl sites for hydroxylation is 1. The van der Waals surface area contributed by atoms with Crippen molar-refractivity contribution in [3.05, 3.63) is 94.6 Å². The van der Waals surface area contributed by atoms with E-state index >= 15 is 0 Å². The maximum Gasteiger partial charge on any atom is 0.335 e. The quantitative estimate of drug-likeness (QED) is 0.285. The van der Waals surface area contributed by atoms with Crippen molar-refractivity contribution in [1.29, 1.82) is 0 Å². The molecule has 0 aromatic heterocycles. The number of carboxylic acids is 1. The summed E-state index contributed by atoms with van der Waals surface area (Å²) in [5.74, 6) is -1.35. The molecular formula is C27H22N2O6S. The van der Waals surface area contributed by atoms with Gasteiger partial charge >= 0.3 is 5.97 Å². The number of aromatic carboxylic acids is 1. The third-order valence-corrected chi connectivity index (χ3v) is 5.75. The van der Waals surface area contributed by atoms with E-state index in [4.69, 9.17) is 26.8 Å². The highest BCUT2D eigenvalue weighted by atomic mass is 32.1. The van der Waals surface area contributed by atoms with E-state index in [9.17, 15) is 14.4 Å².